The van der Waals surface area contributed by atoms with Gasteiger partial charge in [-0.3, -0.25) is 4.79 Å². The van der Waals surface area contributed by atoms with Gasteiger partial charge in [-0.15, -0.1) is 11.3 Å². The first-order valence-corrected chi connectivity index (χ1v) is 11.2. The summed E-state index contributed by atoms with van der Waals surface area (Å²) in [6.45, 7) is 0.696. The molecule has 2 unspecified atom stereocenters. The van der Waals surface area contributed by atoms with Crippen LogP contribution in [0.25, 0.3) is 0 Å². The second-order valence-electron chi connectivity index (χ2n) is 5.87. The van der Waals surface area contributed by atoms with Gasteiger partial charge in [0.25, 0.3) is 0 Å². The van der Waals surface area contributed by atoms with Gasteiger partial charge in [-0.1, -0.05) is 34.1 Å². The van der Waals surface area contributed by atoms with E-state index in [-0.39, 0.29) is 11.9 Å². The first-order valence-electron chi connectivity index (χ1n) is 7.91. The summed E-state index contributed by atoms with van der Waals surface area (Å²) in [7, 11) is 8.15. The molecule has 0 spiro atoms. The number of hydrogen-bond acceptors (Lipinski definition) is 5. The molecule has 124 valence electrons. The minimum atomic E-state index is 0.192. The summed E-state index contributed by atoms with van der Waals surface area (Å²) in [6, 6.07) is 4.48. The lowest BCUT2D eigenvalue weighted by molar-refractivity contribution is -0.121. The summed E-state index contributed by atoms with van der Waals surface area (Å²) in [5.41, 5.74) is 0. The molecule has 0 saturated carbocycles. The highest BCUT2D eigenvalue weighted by atomic mass is 33.1. The Morgan fingerprint density at radius 1 is 1.45 bits per heavy atom. The van der Waals surface area contributed by atoms with Crippen LogP contribution < -0.4 is 5.32 Å². The number of likely N-dealkylation sites (N-methyl/N-ethyl adjacent to an activating group) is 1. The number of nitrogens with one attached hydrogen (secondary N) is 1. The maximum Gasteiger partial charge on any atom is 0.220 e. The molecule has 3 nitrogen and oxygen atoms in total. The molecular formula is C16H26N2OS3. The average molecular weight is 359 g/mol. The smallest absolute Gasteiger partial charge is 0.220 e. The molecule has 1 aromatic heterocycles. The predicted molar refractivity (Wildman–Crippen MR) is 101 cm³/mol. The van der Waals surface area contributed by atoms with Crippen LogP contribution in [0.15, 0.2) is 17.5 Å². The zero-order chi connectivity index (χ0) is 15.8. The maximum absolute atomic E-state index is 12.0. The number of amides is 1. The molecule has 0 bridgehead atoms. The fourth-order valence-corrected chi connectivity index (χ4v) is 6.49. The van der Waals surface area contributed by atoms with Crippen LogP contribution in [-0.4, -0.2) is 42.4 Å². The van der Waals surface area contributed by atoms with E-state index in [0.717, 1.165) is 11.7 Å². The van der Waals surface area contributed by atoms with Crippen LogP contribution in [0.3, 0.4) is 0 Å². The van der Waals surface area contributed by atoms with E-state index in [2.05, 4.69) is 41.8 Å². The number of thiophene rings is 1. The zero-order valence-corrected chi connectivity index (χ0v) is 15.9. The summed E-state index contributed by atoms with van der Waals surface area (Å²) in [5.74, 6) is 1.49. The summed E-state index contributed by atoms with van der Waals surface area (Å²) >= 11 is 1.75. The van der Waals surface area contributed by atoms with Crippen molar-refractivity contribution in [1.82, 2.24) is 10.2 Å². The van der Waals surface area contributed by atoms with Crippen LogP contribution in [0.4, 0.5) is 0 Å². The van der Waals surface area contributed by atoms with Gasteiger partial charge in [0.1, 0.15) is 0 Å². The molecule has 6 heteroatoms. The molecule has 1 aliphatic rings. The third-order valence-electron chi connectivity index (χ3n) is 3.89. The molecule has 22 heavy (non-hydrogen) atoms. The van der Waals surface area contributed by atoms with Crippen molar-refractivity contribution >= 4 is 38.8 Å². The summed E-state index contributed by atoms with van der Waals surface area (Å²) in [5, 5.41) is 6.01. The Hall–Kier alpha value is -0.170. The van der Waals surface area contributed by atoms with Gasteiger partial charge in [0.05, 0.1) is 6.04 Å². The third kappa shape index (κ3) is 6.14. The lowest BCUT2D eigenvalue weighted by Gasteiger charge is -2.23. The van der Waals surface area contributed by atoms with Crippen LogP contribution >= 0.6 is 32.9 Å². The monoisotopic (exact) mass is 358 g/mol. The number of hydrogen-bond donors (Lipinski definition) is 1. The van der Waals surface area contributed by atoms with Crippen molar-refractivity contribution in [1.29, 1.82) is 0 Å². The van der Waals surface area contributed by atoms with Crippen LogP contribution in [0.2, 0.25) is 0 Å². The minimum Gasteiger partial charge on any atom is -0.354 e. The van der Waals surface area contributed by atoms with Crippen molar-refractivity contribution in [2.45, 2.75) is 43.4 Å². The Balaban J connectivity index is 1.61. The molecular weight excluding hydrogens is 332 g/mol. The number of unbranched alkanes of at least 4 members (excludes halogenated alkanes) is 1. The molecule has 2 atom stereocenters. The van der Waals surface area contributed by atoms with E-state index in [1.54, 1.807) is 11.3 Å². The van der Waals surface area contributed by atoms with Crippen LogP contribution in [0.1, 0.15) is 43.0 Å². The van der Waals surface area contributed by atoms with E-state index < -0.39 is 0 Å². The Morgan fingerprint density at radius 3 is 2.95 bits per heavy atom. The Kier molecular flexibility index (Phi) is 8.14. The summed E-state index contributed by atoms with van der Waals surface area (Å²) < 4.78 is 0. The lowest BCUT2D eigenvalue weighted by Crippen LogP contribution is -2.34. The predicted octanol–water partition coefficient (Wildman–Crippen LogP) is 4.18. The van der Waals surface area contributed by atoms with E-state index in [0.29, 0.717) is 13.0 Å². The van der Waals surface area contributed by atoms with Crippen molar-refractivity contribution in [3.8, 4) is 0 Å². The molecule has 1 N–H and O–H groups in total. The largest absolute Gasteiger partial charge is 0.354 e. The van der Waals surface area contributed by atoms with Crippen LogP contribution in [0, 0.1) is 0 Å². The Labute approximate surface area is 146 Å². The number of carbonyl (C=O) groups excluding carboxylic acids is 1. The number of rotatable bonds is 9. The maximum atomic E-state index is 12.0. The second kappa shape index (κ2) is 9.85. The molecule has 1 amide bonds. The van der Waals surface area contributed by atoms with Gasteiger partial charge >= 0.3 is 0 Å². The fourth-order valence-electron chi connectivity index (χ4n) is 2.54. The molecule has 1 aliphatic heterocycles. The summed E-state index contributed by atoms with van der Waals surface area (Å²) in [6.07, 6.45) is 5.45. The molecule has 1 saturated heterocycles. The highest BCUT2D eigenvalue weighted by Crippen LogP contribution is 2.39. The number of nitrogens with zero attached hydrogens (tertiary/aromatic N) is 1. The van der Waals surface area contributed by atoms with Gasteiger partial charge in [0, 0.05) is 28.8 Å². The quantitative estimate of drug-likeness (QED) is 0.530. The van der Waals surface area contributed by atoms with E-state index >= 15 is 0 Å². The Bertz CT molecular complexity index is 431. The van der Waals surface area contributed by atoms with Gasteiger partial charge in [-0.25, -0.2) is 0 Å². The molecule has 0 aromatic carbocycles. The molecule has 0 aliphatic carbocycles. The van der Waals surface area contributed by atoms with Gasteiger partial charge in [0.2, 0.25) is 5.91 Å². The van der Waals surface area contributed by atoms with Crippen molar-refractivity contribution in [3.63, 3.8) is 0 Å². The van der Waals surface area contributed by atoms with Gasteiger partial charge in [-0.2, -0.15) is 0 Å². The first kappa shape index (κ1) is 18.2. The highest BCUT2D eigenvalue weighted by molar-refractivity contribution is 8.77. The van der Waals surface area contributed by atoms with Crippen molar-refractivity contribution < 1.29 is 4.79 Å². The van der Waals surface area contributed by atoms with Crippen molar-refractivity contribution in [2.75, 3.05) is 26.4 Å². The molecule has 2 rings (SSSR count). The van der Waals surface area contributed by atoms with E-state index in [4.69, 9.17) is 0 Å². The SMILES string of the molecule is CN(C)C(CNC(=O)CCCCC1CCSS1)c1cccs1. The summed E-state index contributed by atoms with van der Waals surface area (Å²) in [4.78, 5) is 15.5. The molecule has 2 heterocycles. The third-order valence-corrected chi connectivity index (χ3v) is 7.88. The highest BCUT2D eigenvalue weighted by Gasteiger charge is 2.17. The Morgan fingerprint density at radius 2 is 2.32 bits per heavy atom. The van der Waals surface area contributed by atoms with E-state index in [1.165, 1.54) is 29.9 Å². The minimum absolute atomic E-state index is 0.192. The fraction of sp³-hybridized carbons (Fsp3) is 0.688. The number of carbonyl (C=O) groups is 1. The van der Waals surface area contributed by atoms with Crippen LogP contribution in [-0.2, 0) is 4.79 Å². The van der Waals surface area contributed by atoms with E-state index in [9.17, 15) is 4.79 Å². The first-order chi connectivity index (χ1) is 10.7. The van der Waals surface area contributed by atoms with Gasteiger partial charge < -0.3 is 10.2 Å². The normalized spacial score (nSPS) is 19.5. The second-order valence-corrected chi connectivity index (χ2v) is 9.64. The standard InChI is InChI=1S/C16H26N2OS3/c1-18(2)14(15-7-5-10-20-15)12-17-16(19)8-4-3-6-13-9-11-21-22-13/h5,7,10,13-14H,3-4,6,8-9,11-12H2,1-2H3,(H,17,19). The molecule has 0 radical (unpaired) electrons. The lowest BCUT2D eigenvalue weighted by atomic mass is 10.1. The topological polar surface area (TPSA) is 32.3 Å². The van der Waals surface area contributed by atoms with Crippen molar-refractivity contribution in [2.24, 2.45) is 0 Å². The van der Waals surface area contributed by atoms with E-state index in [1.807, 2.05) is 21.6 Å². The van der Waals surface area contributed by atoms with Gasteiger partial charge in [0.15, 0.2) is 0 Å². The van der Waals surface area contributed by atoms with Gasteiger partial charge in [-0.05, 0) is 44.8 Å². The molecule has 1 aromatic rings. The van der Waals surface area contributed by atoms with Crippen LogP contribution in [0.5, 0.6) is 0 Å². The molecule has 1 fully saturated rings. The zero-order valence-electron chi connectivity index (χ0n) is 13.4. The van der Waals surface area contributed by atoms with Crippen molar-refractivity contribution in [3.05, 3.63) is 22.4 Å². The average Bonchev–Trinajstić information content (AvgIpc) is 3.17.